The van der Waals surface area contributed by atoms with Crippen LogP contribution in [0.2, 0.25) is 0 Å². The summed E-state index contributed by atoms with van der Waals surface area (Å²) < 4.78 is 11.5. The molecule has 0 fully saturated rings. The number of phenolic OH excluding ortho intramolecular Hbond substituents is 1. The zero-order chi connectivity index (χ0) is 25.7. The van der Waals surface area contributed by atoms with Crippen LogP contribution >= 0.6 is 15.9 Å². The second-order valence-electron chi connectivity index (χ2n) is 7.98. The van der Waals surface area contributed by atoms with Gasteiger partial charge in [-0.2, -0.15) is 0 Å². The number of non-ortho nitro benzene ring substituents is 1. The number of methoxy groups -OCH3 is 1. The van der Waals surface area contributed by atoms with Crippen molar-refractivity contribution in [2.24, 2.45) is 0 Å². The fraction of sp³-hybridized carbons (Fsp3) is 0.107. The summed E-state index contributed by atoms with van der Waals surface area (Å²) in [5.41, 5.74) is 3.64. The van der Waals surface area contributed by atoms with Gasteiger partial charge in [-0.3, -0.25) is 10.1 Å². The first-order chi connectivity index (χ1) is 17.4. The number of hydrogen-bond acceptors (Lipinski definition) is 6. The highest BCUT2D eigenvalue weighted by Crippen LogP contribution is 2.45. The summed E-state index contributed by atoms with van der Waals surface area (Å²) in [5.74, 6) is -0.419. The third kappa shape index (κ3) is 5.39. The summed E-state index contributed by atoms with van der Waals surface area (Å²) in [5, 5.41) is 21.9. The Morgan fingerprint density at radius 2 is 1.64 bits per heavy atom. The van der Waals surface area contributed by atoms with Gasteiger partial charge in [0.1, 0.15) is 6.61 Å². The van der Waals surface area contributed by atoms with Gasteiger partial charge >= 0.3 is 5.97 Å². The average molecular weight is 548 g/mol. The van der Waals surface area contributed by atoms with E-state index in [-0.39, 0.29) is 29.4 Å². The molecule has 4 rings (SSSR count). The first-order valence-electron chi connectivity index (χ1n) is 11.0. The summed E-state index contributed by atoms with van der Waals surface area (Å²) in [6.45, 7) is -0.0650. The van der Waals surface area contributed by atoms with Crippen molar-refractivity contribution in [3.8, 4) is 22.6 Å². The topological polar surface area (TPSA) is 98.9 Å². The lowest BCUT2D eigenvalue weighted by Crippen LogP contribution is -2.09. The van der Waals surface area contributed by atoms with Gasteiger partial charge < -0.3 is 14.6 Å². The Morgan fingerprint density at radius 1 is 0.917 bits per heavy atom. The monoisotopic (exact) mass is 547 g/mol. The normalized spacial score (nSPS) is 10.6. The van der Waals surface area contributed by atoms with Crippen molar-refractivity contribution in [1.29, 1.82) is 0 Å². The Kier molecular flexibility index (Phi) is 7.65. The number of hydrogen-bond donors (Lipinski definition) is 1. The van der Waals surface area contributed by atoms with E-state index in [4.69, 9.17) is 9.47 Å². The summed E-state index contributed by atoms with van der Waals surface area (Å²) in [7, 11) is 1.46. The molecule has 1 N–H and O–H groups in total. The zero-order valence-electron chi connectivity index (χ0n) is 19.3. The van der Waals surface area contributed by atoms with Crippen molar-refractivity contribution >= 4 is 27.6 Å². The third-order valence-corrected chi connectivity index (χ3v) is 6.35. The molecule has 182 valence electrons. The highest BCUT2D eigenvalue weighted by atomic mass is 79.9. The molecule has 4 aromatic rings. The number of carbonyl (C=O) groups is 1. The average Bonchev–Trinajstić information content (AvgIpc) is 2.89. The van der Waals surface area contributed by atoms with E-state index >= 15 is 0 Å². The van der Waals surface area contributed by atoms with Gasteiger partial charge in [-0.1, -0.05) is 58.4 Å². The standard InChI is InChI=1S/C28H22BrNO6/c1-35-24-15-14-23(29)26(27(24)31)25-20(16-18-6-3-2-4-7-18)8-5-9-22(25)28(32)36-17-19-10-12-21(13-11-19)30(33)34/h2-15,31H,16-17H2,1H3. The van der Waals surface area contributed by atoms with E-state index in [1.54, 1.807) is 36.4 Å². The molecule has 0 unspecified atom stereocenters. The van der Waals surface area contributed by atoms with Crippen LogP contribution in [0.1, 0.15) is 27.0 Å². The molecular formula is C28H22BrNO6. The molecule has 0 atom stereocenters. The summed E-state index contributed by atoms with van der Waals surface area (Å²) in [6.07, 6.45) is 0.517. The summed E-state index contributed by atoms with van der Waals surface area (Å²) >= 11 is 3.52. The first kappa shape index (κ1) is 24.9. The number of nitrogens with zero attached hydrogens (tertiary/aromatic N) is 1. The lowest BCUT2D eigenvalue weighted by Gasteiger charge is -2.18. The predicted molar refractivity (Wildman–Crippen MR) is 139 cm³/mol. The molecule has 7 nitrogen and oxygen atoms in total. The number of aromatic hydroxyl groups is 1. The number of phenols is 1. The van der Waals surface area contributed by atoms with Crippen molar-refractivity contribution < 1.29 is 24.3 Å². The quantitative estimate of drug-likeness (QED) is 0.150. The molecule has 0 aromatic heterocycles. The van der Waals surface area contributed by atoms with Gasteiger partial charge in [-0.25, -0.2) is 4.79 Å². The fourth-order valence-electron chi connectivity index (χ4n) is 3.92. The third-order valence-electron chi connectivity index (χ3n) is 5.69. The van der Waals surface area contributed by atoms with E-state index in [1.807, 2.05) is 36.4 Å². The van der Waals surface area contributed by atoms with Crippen LogP contribution in [0.4, 0.5) is 5.69 Å². The smallest absolute Gasteiger partial charge is 0.339 e. The van der Waals surface area contributed by atoms with Crippen LogP contribution in [0.15, 0.2) is 89.4 Å². The first-order valence-corrected chi connectivity index (χ1v) is 11.8. The SMILES string of the molecule is COc1ccc(Br)c(-c2c(Cc3ccccc3)cccc2C(=O)OCc2ccc([N+](=O)[O-])cc2)c1O. The van der Waals surface area contributed by atoms with Gasteiger partial charge in [-0.15, -0.1) is 0 Å². The van der Waals surface area contributed by atoms with Crippen LogP contribution < -0.4 is 4.74 Å². The molecule has 0 amide bonds. The Balaban J connectivity index is 1.75. The van der Waals surface area contributed by atoms with Crippen LogP contribution in [0.5, 0.6) is 11.5 Å². The van der Waals surface area contributed by atoms with Crippen molar-refractivity contribution in [3.05, 3.63) is 122 Å². The van der Waals surface area contributed by atoms with Crippen LogP contribution in [0, 0.1) is 10.1 Å². The van der Waals surface area contributed by atoms with Gasteiger partial charge in [0.25, 0.3) is 5.69 Å². The van der Waals surface area contributed by atoms with E-state index in [0.29, 0.717) is 27.6 Å². The second kappa shape index (κ2) is 11.0. The van der Waals surface area contributed by atoms with Crippen molar-refractivity contribution in [3.63, 3.8) is 0 Å². The van der Waals surface area contributed by atoms with Crippen molar-refractivity contribution in [2.45, 2.75) is 13.0 Å². The minimum Gasteiger partial charge on any atom is -0.504 e. The molecule has 36 heavy (non-hydrogen) atoms. The van der Waals surface area contributed by atoms with Gasteiger partial charge in [0.2, 0.25) is 0 Å². The molecule has 0 aliphatic rings. The number of rotatable bonds is 8. The van der Waals surface area contributed by atoms with Crippen LogP contribution in [-0.2, 0) is 17.8 Å². The number of nitro groups is 1. The Hall–Kier alpha value is -4.17. The number of halogens is 1. The fourth-order valence-corrected chi connectivity index (χ4v) is 4.44. The minimum absolute atomic E-state index is 0.0423. The molecule has 0 bridgehead atoms. The maximum Gasteiger partial charge on any atom is 0.339 e. The zero-order valence-corrected chi connectivity index (χ0v) is 20.9. The van der Waals surface area contributed by atoms with Gasteiger partial charge in [-0.05, 0) is 53.4 Å². The summed E-state index contributed by atoms with van der Waals surface area (Å²) in [6, 6.07) is 24.3. The number of esters is 1. The van der Waals surface area contributed by atoms with Crippen molar-refractivity contribution in [2.75, 3.05) is 7.11 Å². The molecule has 0 heterocycles. The number of benzene rings is 4. The Morgan fingerprint density at radius 3 is 2.31 bits per heavy atom. The lowest BCUT2D eigenvalue weighted by molar-refractivity contribution is -0.384. The molecule has 0 aliphatic carbocycles. The minimum atomic E-state index is -0.590. The molecule has 4 aromatic carbocycles. The predicted octanol–water partition coefficient (Wildman–Crippen LogP) is 6.69. The van der Waals surface area contributed by atoms with E-state index in [9.17, 15) is 20.0 Å². The molecule has 0 radical (unpaired) electrons. The molecule has 0 saturated carbocycles. The highest BCUT2D eigenvalue weighted by molar-refractivity contribution is 9.10. The Labute approximate surface area is 216 Å². The van der Waals surface area contributed by atoms with Gasteiger partial charge in [0.15, 0.2) is 11.5 Å². The molecule has 0 aliphatic heterocycles. The highest BCUT2D eigenvalue weighted by Gasteiger charge is 2.24. The number of nitro benzene ring substituents is 1. The maximum absolute atomic E-state index is 13.3. The molecule has 0 saturated heterocycles. The van der Waals surface area contributed by atoms with Crippen LogP contribution in [-0.4, -0.2) is 23.1 Å². The van der Waals surface area contributed by atoms with E-state index in [1.165, 1.54) is 19.2 Å². The largest absolute Gasteiger partial charge is 0.504 e. The second-order valence-corrected chi connectivity index (χ2v) is 8.83. The van der Waals surface area contributed by atoms with E-state index in [0.717, 1.165) is 11.1 Å². The summed E-state index contributed by atoms with van der Waals surface area (Å²) in [4.78, 5) is 23.7. The van der Waals surface area contributed by atoms with Crippen LogP contribution in [0.3, 0.4) is 0 Å². The van der Waals surface area contributed by atoms with Gasteiger partial charge in [0, 0.05) is 27.7 Å². The number of carbonyl (C=O) groups excluding carboxylic acids is 1. The van der Waals surface area contributed by atoms with Gasteiger partial charge in [0.05, 0.1) is 17.6 Å². The number of ether oxygens (including phenoxy) is 2. The molecular weight excluding hydrogens is 526 g/mol. The molecule has 0 spiro atoms. The van der Waals surface area contributed by atoms with E-state index in [2.05, 4.69) is 15.9 Å². The maximum atomic E-state index is 13.3. The van der Waals surface area contributed by atoms with Crippen molar-refractivity contribution in [1.82, 2.24) is 0 Å². The lowest BCUT2D eigenvalue weighted by atomic mass is 9.90. The Bertz CT molecular complexity index is 1400. The van der Waals surface area contributed by atoms with Crippen LogP contribution in [0.25, 0.3) is 11.1 Å². The van der Waals surface area contributed by atoms with E-state index < -0.39 is 10.9 Å². The molecule has 8 heteroatoms.